The number of carbonyl (C=O) groups excluding carboxylic acids is 1. The lowest BCUT2D eigenvalue weighted by molar-refractivity contribution is 0.102. The van der Waals surface area contributed by atoms with E-state index in [2.05, 4.69) is 20.3 Å². The Balaban J connectivity index is 1.42. The van der Waals surface area contributed by atoms with Crippen molar-refractivity contribution in [2.45, 2.75) is 13.8 Å². The number of benzene rings is 3. The van der Waals surface area contributed by atoms with Crippen LogP contribution < -0.4 is 11.1 Å². The largest absolute Gasteiger partial charge is 0.494 e. The van der Waals surface area contributed by atoms with Gasteiger partial charge in [-0.1, -0.05) is 18.2 Å². The molecule has 8 heteroatoms. The fourth-order valence-corrected chi connectivity index (χ4v) is 4.56. The van der Waals surface area contributed by atoms with Gasteiger partial charge in [0.15, 0.2) is 5.88 Å². The van der Waals surface area contributed by atoms with Gasteiger partial charge >= 0.3 is 0 Å². The fraction of sp³-hybridized carbons (Fsp3) is 0.0741. The summed E-state index contributed by atoms with van der Waals surface area (Å²) in [4.78, 5) is 24.9. The van der Waals surface area contributed by atoms with E-state index in [-0.39, 0.29) is 11.8 Å². The molecule has 174 valence electrons. The molecule has 35 heavy (non-hydrogen) atoms. The molecule has 0 saturated heterocycles. The lowest BCUT2D eigenvalue weighted by Gasteiger charge is -2.08. The molecular formula is C27H23N5O2S. The van der Waals surface area contributed by atoms with Gasteiger partial charge in [0, 0.05) is 27.4 Å². The van der Waals surface area contributed by atoms with E-state index in [4.69, 9.17) is 5.73 Å². The van der Waals surface area contributed by atoms with Gasteiger partial charge in [0.2, 0.25) is 0 Å². The molecule has 5 aromatic rings. The van der Waals surface area contributed by atoms with Crippen molar-refractivity contribution in [2.75, 3.05) is 11.1 Å². The molecule has 0 bridgehead atoms. The molecule has 3 aromatic carbocycles. The first kappa shape index (κ1) is 22.4. The number of rotatable bonds is 5. The minimum Gasteiger partial charge on any atom is -0.494 e. The van der Waals surface area contributed by atoms with E-state index < -0.39 is 0 Å². The van der Waals surface area contributed by atoms with Crippen LogP contribution in [-0.4, -0.2) is 26.7 Å². The second-order valence-corrected chi connectivity index (χ2v) is 9.21. The number of thiazole rings is 1. The van der Waals surface area contributed by atoms with Crippen LogP contribution in [0.1, 0.15) is 27.9 Å². The van der Waals surface area contributed by atoms with Gasteiger partial charge in [0.1, 0.15) is 0 Å². The summed E-state index contributed by atoms with van der Waals surface area (Å²) < 4.78 is 0. The highest BCUT2D eigenvalue weighted by Gasteiger charge is 2.16. The van der Waals surface area contributed by atoms with Crippen molar-refractivity contribution in [3.8, 4) is 17.1 Å². The number of nitrogens with two attached hydrogens (primary N) is 1. The van der Waals surface area contributed by atoms with Crippen molar-refractivity contribution in [3.63, 3.8) is 0 Å². The van der Waals surface area contributed by atoms with Crippen LogP contribution in [0.5, 0.6) is 5.88 Å². The van der Waals surface area contributed by atoms with Gasteiger partial charge in [0.25, 0.3) is 5.91 Å². The van der Waals surface area contributed by atoms with E-state index in [9.17, 15) is 9.90 Å². The Morgan fingerprint density at radius 1 is 1.11 bits per heavy atom. The highest BCUT2D eigenvalue weighted by Crippen LogP contribution is 2.33. The van der Waals surface area contributed by atoms with Gasteiger partial charge in [-0.3, -0.25) is 9.79 Å². The van der Waals surface area contributed by atoms with E-state index >= 15 is 0 Å². The summed E-state index contributed by atoms with van der Waals surface area (Å²) in [7, 11) is 0. The number of hydrogen-bond donors (Lipinski definition) is 4. The average molecular weight is 482 g/mol. The van der Waals surface area contributed by atoms with Crippen molar-refractivity contribution in [1.29, 1.82) is 0 Å². The van der Waals surface area contributed by atoms with E-state index in [0.717, 1.165) is 27.2 Å². The van der Waals surface area contributed by atoms with Gasteiger partial charge in [-0.25, -0.2) is 4.98 Å². The number of aromatic hydroxyl groups is 1. The first-order valence-electron chi connectivity index (χ1n) is 11.0. The van der Waals surface area contributed by atoms with Crippen LogP contribution in [-0.2, 0) is 0 Å². The summed E-state index contributed by atoms with van der Waals surface area (Å²) in [6, 6.07) is 20.0. The number of aromatic nitrogens is 2. The van der Waals surface area contributed by atoms with Crippen LogP contribution in [0.4, 0.5) is 17.1 Å². The predicted molar refractivity (Wildman–Crippen MR) is 143 cm³/mol. The number of nitrogens with one attached hydrogen (secondary N) is 2. The van der Waals surface area contributed by atoms with Crippen LogP contribution in [0.15, 0.2) is 77.1 Å². The molecule has 5 N–H and O–H groups in total. The van der Waals surface area contributed by atoms with Crippen molar-refractivity contribution in [2.24, 2.45) is 4.99 Å². The van der Waals surface area contributed by atoms with Gasteiger partial charge in [-0.15, -0.1) is 11.3 Å². The molecule has 0 atom stereocenters. The zero-order chi connectivity index (χ0) is 24.5. The molecule has 5 rings (SSSR count). The highest BCUT2D eigenvalue weighted by molar-refractivity contribution is 7.09. The lowest BCUT2D eigenvalue weighted by Crippen LogP contribution is -2.12. The molecule has 7 nitrogen and oxygen atoms in total. The number of nitrogen functional groups attached to an aromatic ring is 1. The smallest absolute Gasteiger partial charge is 0.255 e. The summed E-state index contributed by atoms with van der Waals surface area (Å²) in [5.74, 6) is -0.196. The Hall–Kier alpha value is -4.43. The maximum atomic E-state index is 12.6. The minimum atomic E-state index is -0.255. The highest BCUT2D eigenvalue weighted by atomic mass is 32.1. The van der Waals surface area contributed by atoms with Crippen LogP contribution in [0.2, 0.25) is 0 Å². The topological polar surface area (TPSA) is 116 Å². The SMILES string of the molecule is CC(=Nc1ccc(C(=O)Nc2ccccc2N)cc1)c1c(O)[nH]c2ccc(-c3csc(C)n3)cc12. The number of aliphatic imine (C=N–C) groups is 1. The first-order chi connectivity index (χ1) is 16.9. The van der Waals surface area contributed by atoms with Gasteiger partial charge < -0.3 is 21.1 Å². The standard InChI is InChI=1S/C27H23N5O2S/c1-15(25-20-13-18(24-14-35-16(2)30-24)9-12-22(20)31-27(25)34)29-19-10-7-17(8-11-19)26(33)32-23-6-4-3-5-21(23)28/h3-14,31,34H,28H2,1-2H3,(H,32,33). The van der Waals surface area contributed by atoms with Crippen LogP contribution in [0.25, 0.3) is 22.2 Å². The number of carbonyl (C=O) groups is 1. The quantitative estimate of drug-likeness (QED) is 0.175. The number of amides is 1. The Kier molecular flexibility index (Phi) is 5.80. The van der Waals surface area contributed by atoms with Crippen molar-refractivity contribution in [3.05, 3.63) is 88.2 Å². The molecule has 0 fully saturated rings. The maximum absolute atomic E-state index is 12.6. The third-order valence-electron chi connectivity index (χ3n) is 5.69. The van der Waals surface area contributed by atoms with Gasteiger partial charge in [0.05, 0.1) is 39.0 Å². The molecule has 0 saturated carbocycles. The predicted octanol–water partition coefficient (Wildman–Crippen LogP) is 6.28. The Morgan fingerprint density at radius 2 is 1.89 bits per heavy atom. The molecule has 0 aliphatic carbocycles. The number of hydrogen-bond acceptors (Lipinski definition) is 6. The number of anilines is 2. The van der Waals surface area contributed by atoms with E-state index in [1.807, 2.05) is 49.6 Å². The molecule has 0 radical (unpaired) electrons. The third-order valence-corrected chi connectivity index (χ3v) is 6.46. The van der Waals surface area contributed by atoms with Crippen LogP contribution >= 0.6 is 11.3 Å². The number of H-pyrrole nitrogens is 1. The first-order valence-corrected chi connectivity index (χ1v) is 11.9. The molecule has 2 aromatic heterocycles. The van der Waals surface area contributed by atoms with E-state index in [1.54, 1.807) is 47.7 Å². The second kappa shape index (κ2) is 9.08. The molecule has 0 aliphatic heterocycles. The van der Waals surface area contributed by atoms with E-state index in [0.29, 0.717) is 33.9 Å². The normalized spacial score (nSPS) is 11.7. The number of aromatic amines is 1. The Labute approximate surface area is 206 Å². The maximum Gasteiger partial charge on any atom is 0.255 e. The summed E-state index contributed by atoms with van der Waals surface area (Å²) in [6.45, 7) is 3.82. The Morgan fingerprint density at radius 3 is 2.60 bits per heavy atom. The molecule has 2 heterocycles. The number of aryl methyl sites for hydroxylation is 1. The average Bonchev–Trinajstić information content (AvgIpc) is 3.42. The third kappa shape index (κ3) is 4.51. The zero-order valence-electron chi connectivity index (χ0n) is 19.2. The van der Waals surface area contributed by atoms with Gasteiger partial charge in [-0.05, 0) is 62.4 Å². The summed E-state index contributed by atoms with van der Waals surface area (Å²) in [5, 5.41) is 17.3. The summed E-state index contributed by atoms with van der Waals surface area (Å²) >= 11 is 1.60. The second-order valence-electron chi connectivity index (χ2n) is 8.15. The molecule has 1 amide bonds. The molecule has 0 spiro atoms. The molecule has 0 aliphatic rings. The van der Waals surface area contributed by atoms with E-state index in [1.165, 1.54) is 0 Å². The number of para-hydroxylation sites is 2. The van der Waals surface area contributed by atoms with Crippen molar-refractivity contribution < 1.29 is 9.90 Å². The lowest BCUT2D eigenvalue weighted by atomic mass is 10.0. The number of nitrogens with zero attached hydrogens (tertiary/aromatic N) is 2. The Bertz CT molecular complexity index is 1580. The fourth-order valence-electron chi connectivity index (χ4n) is 3.94. The summed E-state index contributed by atoms with van der Waals surface area (Å²) in [5.41, 5.74) is 12.1. The minimum absolute atomic E-state index is 0.0595. The monoisotopic (exact) mass is 481 g/mol. The van der Waals surface area contributed by atoms with Gasteiger partial charge in [-0.2, -0.15) is 0 Å². The molecule has 0 unspecified atom stereocenters. The van der Waals surface area contributed by atoms with Crippen LogP contribution in [0.3, 0.4) is 0 Å². The van der Waals surface area contributed by atoms with Crippen molar-refractivity contribution in [1.82, 2.24) is 9.97 Å². The zero-order valence-corrected chi connectivity index (χ0v) is 20.0. The van der Waals surface area contributed by atoms with Crippen LogP contribution in [0, 0.1) is 6.92 Å². The summed E-state index contributed by atoms with van der Waals surface area (Å²) in [6.07, 6.45) is 0. The number of fused-ring (bicyclic) bond motifs is 1. The molecular weight excluding hydrogens is 458 g/mol. The van der Waals surface area contributed by atoms with Crippen molar-refractivity contribution >= 4 is 50.9 Å².